The van der Waals surface area contributed by atoms with Gasteiger partial charge in [-0.05, 0) is 64.2 Å². The van der Waals surface area contributed by atoms with Gasteiger partial charge in [0, 0.05) is 44.3 Å². The second-order valence-electron chi connectivity index (χ2n) is 10.8. The number of imidazole rings is 1. The Hall–Kier alpha value is -2.95. The molecule has 39 heavy (non-hydrogen) atoms. The van der Waals surface area contributed by atoms with Crippen LogP contribution in [0.25, 0.3) is 0 Å². The summed E-state index contributed by atoms with van der Waals surface area (Å²) in [4.78, 5) is 47.8. The molecule has 1 aromatic heterocycles. The van der Waals surface area contributed by atoms with Gasteiger partial charge in [0.25, 0.3) is 5.91 Å². The molecule has 2 aliphatic rings. The molecule has 2 aromatic rings. The van der Waals surface area contributed by atoms with Gasteiger partial charge in [-0.2, -0.15) is 0 Å². The molecule has 212 valence electrons. The summed E-state index contributed by atoms with van der Waals surface area (Å²) in [5.74, 6) is -0.805. The number of hydrogen-bond donors (Lipinski definition) is 3. The summed E-state index contributed by atoms with van der Waals surface area (Å²) in [6.07, 6.45) is 4.70. The molecule has 1 saturated heterocycles. The number of anilines is 2. The van der Waals surface area contributed by atoms with Gasteiger partial charge < -0.3 is 30.0 Å². The van der Waals surface area contributed by atoms with Gasteiger partial charge in [-0.1, -0.05) is 11.6 Å². The lowest BCUT2D eigenvalue weighted by Gasteiger charge is -2.30. The zero-order valence-corrected chi connectivity index (χ0v) is 23.6. The SMILES string of the molecule is COC(C)(C)CCC(=O)c1nc[nH]c1C(=O)NC1CCC(C(=O)Nc2cc(N3CCOCC3)ccc2Cl)CC1. The highest BCUT2D eigenvalue weighted by Gasteiger charge is 2.30. The van der Waals surface area contributed by atoms with E-state index in [1.165, 1.54) is 6.33 Å². The fourth-order valence-corrected chi connectivity index (χ4v) is 5.10. The van der Waals surface area contributed by atoms with Crippen LogP contribution < -0.4 is 15.5 Å². The Morgan fingerprint density at radius 1 is 1.18 bits per heavy atom. The molecule has 3 N–H and O–H groups in total. The molecule has 2 fully saturated rings. The number of halogens is 1. The van der Waals surface area contributed by atoms with Crippen molar-refractivity contribution in [3.8, 4) is 0 Å². The third kappa shape index (κ3) is 7.58. The van der Waals surface area contributed by atoms with E-state index in [1.807, 2.05) is 26.0 Å². The minimum absolute atomic E-state index is 0.0683. The van der Waals surface area contributed by atoms with E-state index in [4.69, 9.17) is 21.1 Å². The first-order valence-electron chi connectivity index (χ1n) is 13.5. The van der Waals surface area contributed by atoms with Crippen molar-refractivity contribution in [2.75, 3.05) is 43.6 Å². The van der Waals surface area contributed by atoms with Crippen LogP contribution in [0.4, 0.5) is 11.4 Å². The normalized spacial score (nSPS) is 19.9. The first-order chi connectivity index (χ1) is 18.7. The lowest BCUT2D eigenvalue weighted by atomic mass is 9.85. The van der Waals surface area contributed by atoms with Gasteiger partial charge in [0.2, 0.25) is 5.91 Å². The minimum Gasteiger partial charge on any atom is -0.379 e. The van der Waals surface area contributed by atoms with Gasteiger partial charge in [-0.3, -0.25) is 14.4 Å². The molecule has 1 aliphatic heterocycles. The maximum atomic E-state index is 13.0. The lowest BCUT2D eigenvalue weighted by molar-refractivity contribution is -0.120. The standard InChI is InChI=1S/C28H38ClN5O5/c1-28(2,38-3)11-10-23(35)24-25(31-17-30-24)27(37)32-19-6-4-18(5-7-19)26(36)33-22-16-20(8-9-21(22)29)34-12-14-39-15-13-34/h8-9,16-19H,4-7,10-15H2,1-3H3,(H,30,31)(H,32,37)(H,33,36). The number of rotatable bonds is 10. The summed E-state index contributed by atoms with van der Waals surface area (Å²) in [6.45, 7) is 6.76. The smallest absolute Gasteiger partial charge is 0.270 e. The first-order valence-corrected chi connectivity index (χ1v) is 13.9. The van der Waals surface area contributed by atoms with Gasteiger partial charge in [-0.15, -0.1) is 0 Å². The van der Waals surface area contributed by atoms with E-state index in [9.17, 15) is 14.4 Å². The highest BCUT2D eigenvalue weighted by atomic mass is 35.5. The predicted octanol–water partition coefficient (Wildman–Crippen LogP) is 4.21. The number of benzene rings is 1. The maximum absolute atomic E-state index is 13.0. The van der Waals surface area contributed by atoms with Crippen molar-refractivity contribution in [1.29, 1.82) is 0 Å². The molecule has 1 saturated carbocycles. The summed E-state index contributed by atoms with van der Waals surface area (Å²) >= 11 is 6.39. The Morgan fingerprint density at radius 3 is 2.59 bits per heavy atom. The van der Waals surface area contributed by atoms with E-state index in [0.717, 1.165) is 18.8 Å². The van der Waals surface area contributed by atoms with Crippen molar-refractivity contribution < 1.29 is 23.9 Å². The maximum Gasteiger partial charge on any atom is 0.270 e. The molecule has 0 atom stereocenters. The molecule has 1 aliphatic carbocycles. The summed E-state index contributed by atoms with van der Waals surface area (Å²) in [5, 5.41) is 6.51. The van der Waals surface area contributed by atoms with Crippen LogP contribution in [0.5, 0.6) is 0 Å². The second kappa shape index (κ2) is 12.9. The first kappa shape index (κ1) is 29.0. The summed E-state index contributed by atoms with van der Waals surface area (Å²) in [5.41, 5.74) is 1.49. The molecule has 11 heteroatoms. The number of amides is 2. The molecular formula is C28H38ClN5O5. The fraction of sp³-hybridized carbons (Fsp3) is 0.571. The van der Waals surface area contributed by atoms with Crippen LogP contribution in [-0.4, -0.2) is 72.6 Å². The van der Waals surface area contributed by atoms with Gasteiger partial charge in [0.05, 0.1) is 35.9 Å². The van der Waals surface area contributed by atoms with E-state index < -0.39 is 5.60 Å². The summed E-state index contributed by atoms with van der Waals surface area (Å²) in [7, 11) is 1.61. The van der Waals surface area contributed by atoms with Crippen molar-refractivity contribution in [3.05, 3.63) is 40.9 Å². The third-order valence-electron chi connectivity index (χ3n) is 7.65. The number of morpholine rings is 1. The number of carbonyl (C=O) groups excluding carboxylic acids is 3. The minimum atomic E-state index is -0.434. The van der Waals surface area contributed by atoms with Crippen molar-refractivity contribution in [3.63, 3.8) is 0 Å². The zero-order chi connectivity index (χ0) is 28.0. The summed E-state index contributed by atoms with van der Waals surface area (Å²) < 4.78 is 10.8. The number of ether oxygens (including phenoxy) is 2. The monoisotopic (exact) mass is 559 g/mol. The van der Waals surface area contributed by atoms with Crippen LogP contribution in [0.2, 0.25) is 5.02 Å². The molecule has 10 nitrogen and oxygen atoms in total. The zero-order valence-electron chi connectivity index (χ0n) is 22.8. The van der Waals surface area contributed by atoms with Crippen LogP contribution >= 0.6 is 11.6 Å². The van der Waals surface area contributed by atoms with E-state index in [2.05, 4.69) is 25.5 Å². The van der Waals surface area contributed by atoms with Gasteiger partial charge >= 0.3 is 0 Å². The number of Topliss-reactive ketones (excluding diaryl/α,β-unsaturated/α-hetero) is 1. The van der Waals surface area contributed by atoms with Crippen LogP contribution in [0.1, 0.15) is 73.3 Å². The van der Waals surface area contributed by atoms with E-state index in [1.54, 1.807) is 13.2 Å². The topological polar surface area (TPSA) is 126 Å². The largest absolute Gasteiger partial charge is 0.379 e. The molecule has 2 amide bonds. The van der Waals surface area contributed by atoms with Crippen LogP contribution in [-0.2, 0) is 14.3 Å². The average Bonchev–Trinajstić information content (AvgIpc) is 3.44. The average molecular weight is 560 g/mol. The number of nitrogens with zero attached hydrogens (tertiary/aromatic N) is 2. The molecular weight excluding hydrogens is 522 g/mol. The summed E-state index contributed by atoms with van der Waals surface area (Å²) in [6, 6.07) is 5.59. The van der Waals surface area contributed by atoms with Crippen LogP contribution in [0.15, 0.2) is 24.5 Å². The number of nitrogens with one attached hydrogen (secondary N) is 3. The van der Waals surface area contributed by atoms with E-state index >= 15 is 0 Å². The number of aromatic nitrogens is 2. The molecule has 0 bridgehead atoms. The van der Waals surface area contributed by atoms with Crippen molar-refractivity contribution in [2.24, 2.45) is 5.92 Å². The Labute approximate surface area is 234 Å². The highest BCUT2D eigenvalue weighted by molar-refractivity contribution is 6.33. The third-order valence-corrected chi connectivity index (χ3v) is 7.98. The number of H-pyrrole nitrogens is 1. The van der Waals surface area contributed by atoms with Gasteiger partial charge in [0.15, 0.2) is 5.78 Å². The molecule has 0 radical (unpaired) electrons. The highest BCUT2D eigenvalue weighted by Crippen LogP contribution is 2.31. The quantitative estimate of drug-likeness (QED) is 0.372. The molecule has 4 rings (SSSR count). The lowest BCUT2D eigenvalue weighted by Crippen LogP contribution is -2.40. The molecule has 0 spiro atoms. The van der Waals surface area contributed by atoms with Crippen molar-refractivity contribution >= 4 is 40.6 Å². The van der Waals surface area contributed by atoms with Crippen molar-refractivity contribution in [1.82, 2.24) is 15.3 Å². The molecule has 0 unspecified atom stereocenters. The number of aromatic amines is 1. The second-order valence-corrected chi connectivity index (χ2v) is 11.2. The Bertz CT molecular complexity index is 1170. The van der Waals surface area contributed by atoms with Crippen LogP contribution in [0, 0.1) is 5.92 Å². The van der Waals surface area contributed by atoms with E-state index in [-0.39, 0.29) is 47.4 Å². The van der Waals surface area contributed by atoms with Crippen LogP contribution in [0.3, 0.4) is 0 Å². The van der Waals surface area contributed by atoms with Gasteiger partial charge in [-0.25, -0.2) is 4.98 Å². The number of carbonyl (C=O) groups is 3. The molecule has 2 heterocycles. The number of methoxy groups -OCH3 is 1. The Kier molecular flexibility index (Phi) is 9.63. The number of hydrogen-bond acceptors (Lipinski definition) is 7. The Morgan fingerprint density at radius 2 is 1.90 bits per heavy atom. The fourth-order valence-electron chi connectivity index (χ4n) is 4.93. The van der Waals surface area contributed by atoms with E-state index in [0.29, 0.717) is 56.0 Å². The predicted molar refractivity (Wildman–Crippen MR) is 150 cm³/mol. The Balaban J connectivity index is 1.28. The number of ketones is 1. The van der Waals surface area contributed by atoms with Gasteiger partial charge in [0.1, 0.15) is 11.4 Å². The van der Waals surface area contributed by atoms with Crippen molar-refractivity contribution in [2.45, 2.75) is 64.0 Å². The molecule has 1 aromatic carbocycles.